The van der Waals surface area contributed by atoms with E-state index in [4.69, 9.17) is 9.15 Å². The van der Waals surface area contributed by atoms with Crippen LogP contribution in [0.15, 0.2) is 29.0 Å². The zero-order valence-electron chi connectivity index (χ0n) is 32.1. The van der Waals surface area contributed by atoms with E-state index in [1.54, 1.807) is 6.92 Å². The predicted octanol–water partition coefficient (Wildman–Crippen LogP) is 4.37. The van der Waals surface area contributed by atoms with Gasteiger partial charge in [0.05, 0.1) is 30.7 Å². The zero-order chi connectivity index (χ0) is 36.7. The van der Waals surface area contributed by atoms with Crippen molar-refractivity contribution in [3.8, 4) is 5.75 Å². The third-order valence-electron chi connectivity index (χ3n) is 12.7. The van der Waals surface area contributed by atoms with E-state index in [1.807, 2.05) is 13.0 Å². The summed E-state index contributed by atoms with van der Waals surface area (Å²) in [6.07, 6.45) is 18.2. The molecule has 0 spiro atoms. The number of hydrogen-bond donors (Lipinski definition) is 4. The minimum atomic E-state index is -0.660. The molecule has 6 atom stereocenters. The number of nitrogens with one attached hydrogen (secondary N) is 3. The van der Waals surface area contributed by atoms with Crippen molar-refractivity contribution in [2.75, 3.05) is 26.3 Å². The van der Waals surface area contributed by atoms with Gasteiger partial charge in [0.25, 0.3) is 0 Å². The first-order valence-corrected chi connectivity index (χ1v) is 20.7. The Balaban J connectivity index is 0.912. The van der Waals surface area contributed by atoms with E-state index < -0.39 is 6.10 Å². The third kappa shape index (κ3) is 9.80. The summed E-state index contributed by atoms with van der Waals surface area (Å²) >= 11 is 0. The summed E-state index contributed by atoms with van der Waals surface area (Å²) in [5, 5.41) is 21.8. The van der Waals surface area contributed by atoms with Crippen LogP contribution in [0.1, 0.15) is 119 Å². The topological polar surface area (TPSA) is 135 Å². The van der Waals surface area contributed by atoms with Crippen LogP contribution in [0, 0.1) is 6.92 Å². The largest absolute Gasteiger partial charge is 0.486 e. The first-order valence-electron chi connectivity index (χ1n) is 20.7. The van der Waals surface area contributed by atoms with E-state index in [-0.39, 0.29) is 30.6 Å². The van der Waals surface area contributed by atoms with Gasteiger partial charge in [0, 0.05) is 63.7 Å². The summed E-state index contributed by atoms with van der Waals surface area (Å²) in [5.74, 6) is 1.72. The second kappa shape index (κ2) is 18.1. The first kappa shape index (κ1) is 38.3. The molecule has 3 unspecified atom stereocenters. The Morgan fingerprint density at radius 2 is 1.74 bits per heavy atom. The smallest absolute Gasteiger partial charge is 0.237 e. The fourth-order valence-corrected chi connectivity index (χ4v) is 9.89. The molecule has 0 radical (unpaired) electrons. The molecule has 3 saturated heterocycles. The Bertz CT molecular complexity index is 1500. The molecule has 5 heterocycles. The number of rotatable bonds is 11. The predicted molar refractivity (Wildman–Crippen MR) is 203 cm³/mol. The van der Waals surface area contributed by atoms with Crippen molar-refractivity contribution in [1.29, 1.82) is 0 Å². The van der Waals surface area contributed by atoms with Gasteiger partial charge in [-0.3, -0.25) is 30.0 Å². The number of nitrogens with zero attached hydrogens (tertiary/aromatic N) is 4. The molecule has 4 fully saturated rings. The molecule has 12 nitrogen and oxygen atoms in total. The molecule has 7 rings (SSSR count). The second-order valence-electron chi connectivity index (χ2n) is 16.5. The molecule has 1 aliphatic carbocycles. The summed E-state index contributed by atoms with van der Waals surface area (Å²) in [6, 6.07) is 7.37. The quantitative estimate of drug-likeness (QED) is 0.264. The molecule has 5 aliphatic rings. The van der Waals surface area contributed by atoms with Crippen LogP contribution in [0.25, 0.3) is 0 Å². The molecule has 2 bridgehead atoms. The van der Waals surface area contributed by atoms with E-state index in [1.165, 1.54) is 75.3 Å². The van der Waals surface area contributed by atoms with Crippen molar-refractivity contribution in [2.45, 2.75) is 166 Å². The lowest BCUT2D eigenvalue weighted by Gasteiger charge is -2.47. The maximum absolute atomic E-state index is 13.7. The molecule has 1 aromatic heterocycles. The van der Waals surface area contributed by atoms with Crippen molar-refractivity contribution in [1.82, 2.24) is 35.6 Å². The van der Waals surface area contributed by atoms with Crippen LogP contribution < -0.4 is 20.7 Å². The Kier molecular flexibility index (Phi) is 13.0. The number of hydrogen-bond acceptors (Lipinski definition) is 10. The van der Waals surface area contributed by atoms with Crippen LogP contribution in [0.4, 0.5) is 0 Å². The number of piperidine rings is 1. The maximum atomic E-state index is 13.7. The van der Waals surface area contributed by atoms with E-state index in [2.05, 4.69) is 47.8 Å². The molecule has 2 aromatic rings. The molecule has 1 saturated carbocycles. The fourth-order valence-electron chi connectivity index (χ4n) is 9.89. The Labute approximate surface area is 315 Å². The molecular formula is C41H63N7O5. The number of aliphatic hydroxyl groups excluding tert-OH is 1. The van der Waals surface area contributed by atoms with Gasteiger partial charge < -0.3 is 24.5 Å². The number of fused-ring (bicyclic) bond motifs is 3. The monoisotopic (exact) mass is 733 g/mol. The number of ether oxygens (including phenoxy) is 1. The lowest BCUT2D eigenvalue weighted by atomic mass is 9.93. The Morgan fingerprint density at radius 1 is 1.00 bits per heavy atom. The Hall–Kier alpha value is -3.03. The SMILES string of the molecule is CC(=O)N1[C@@H]2CC[C@H]1CC(NC1CC(C(=O)NC[C@H](O)CN3CCc4cc(OCc5ocnc5C)ccc4C3)NCN1C1CCCCCCCCC1)C2. The van der Waals surface area contributed by atoms with E-state index in [0.29, 0.717) is 50.4 Å². The zero-order valence-corrected chi connectivity index (χ0v) is 32.1. The minimum Gasteiger partial charge on any atom is -0.486 e. The summed E-state index contributed by atoms with van der Waals surface area (Å²) in [5.41, 5.74) is 3.34. The third-order valence-corrected chi connectivity index (χ3v) is 12.7. The number of β-amino-alcohol motifs (C(OH)–C–C–N with tert-alkyl or cyclic N) is 1. The van der Waals surface area contributed by atoms with Gasteiger partial charge in [-0.1, -0.05) is 51.0 Å². The summed E-state index contributed by atoms with van der Waals surface area (Å²) < 4.78 is 11.4. The van der Waals surface area contributed by atoms with Gasteiger partial charge in [-0.2, -0.15) is 0 Å². The molecule has 12 heteroatoms. The number of carbonyl (C=O) groups excluding carboxylic acids is 2. The highest BCUT2D eigenvalue weighted by molar-refractivity contribution is 5.82. The van der Waals surface area contributed by atoms with Crippen molar-refractivity contribution in [2.24, 2.45) is 0 Å². The lowest BCUT2D eigenvalue weighted by Crippen LogP contribution is -2.66. The highest BCUT2D eigenvalue weighted by atomic mass is 16.5. The van der Waals surface area contributed by atoms with Crippen LogP contribution in [-0.4, -0.2) is 105 Å². The van der Waals surface area contributed by atoms with Crippen molar-refractivity contribution in [3.63, 3.8) is 0 Å². The number of carbonyl (C=O) groups is 2. The van der Waals surface area contributed by atoms with Gasteiger partial charge in [0.2, 0.25) is 11.8 Å². The molecule has 2 amide bonds. The first-order chi connectivity index (χ1) is 25.8. The van der Waals surface area contributed by atoms with Gasteiger partial charge in [0.15, 0.2) is 12.2 Å². The van der Waals surface area contributed by atoms with Crippen LogP contribution in [0.3, 0.4) is 0 Å². The van der Waals surface area contributed by atoms with E-state index in [9.17, 15) is 14.7 Å². The average molecular weight is 734 g/mol. The maximum Gasteiger partial charge on any atom is 0.237 e. The van der Waals surface area contributed by atoms with Crippen molar-refractivity contribution < 1.29 is 23.8 Å². The van der Waals surface area contributed by atoms with Crippen LogP contribution in [-0.2, 0) is 29.2 Å². The molecule has 292 valence electrons. The highest BCUT2D eigenvalue weighted by Crippen LogP contribution is 2.36. The summed E-state index contributed by atoms with van der Waals surface area (Å²) in [6.45, 7) is 6.98. The fraction of sp³-hybridized carbons (Fsp3) is 0.732. The summed E-state index contributed by atoms with van der Waals surface area (Å²) in [7, 11) is 0. The van der Waals surface area contributed by atoms with Gasteiger partial charge in [-0.25, -0.2) is 4.98 Å². The summed E-state index contributed by atoms with van der Waals surface area (Å²) in [4.78, 5) is 37.2. The van der Waals surface area contributed by atoms with Gasteiger partial charge >= 0.3 is 0 Å². The lowest BCUT2D eigenvalue weighted by molar-refractivity contribution is -0.134. The average Bonchev–Trinajstić information content (AvgIpc) is 3.70. The molecule has 4 aliphatic heterocycles. The highest BCUT2D eigenvalue weighted by Gasteiger charge is 2.44. The molecular weight excluding hydrogens is 670 g/mol. The molecule has 1 aromatic carbocycles. The van der Waals surface area contributed by atoms with Crippen molar-refractivity contribution in [3.05, 3.63) is 47.2 Å². The van der Waals surface area contributed by atoms with Gasteiger partial charge in [-0.05, 0) is 75.1 Å². The van der Waals surface area contributed by atoms with Crippen LogP contribution >= 0.6 is 0 Å². The number of aliphatic hydroxyl groups is 1. The van der Waals surface area contributed by atoms with Crippen molar-refractivity contribution >= 4 is 11.8 Å². The van der Waals surface area contributed by atoms with E-state index >= 15 is 0 Å². The van der Waals surface area contributed by atoms with Crippen LogP contribution in [0.5, 0.6) is 5.75 Å². The number of aryl methyl sites for hydroxylation is 1. The van der Waals surface area contributed by atoms with Gasteiger partial charge in [-0.15, -0.1) is 0 Å². The standard InChI is InChI=1S/C41H63N7O5/c1-28-39(53-27-44-28)25-52-37-15-12-31-23-46(17-16-30(31)18-37)24-36(50)22-42-41(51)38-21-40(45-32-19-34-13-14-35(20-32)48(34)29(2)49)47(26-43-38)33-10-8-6-4-3-5-7-9-11-33/h12,15,18,27,32-36,38,40,43,45,50H,3-11,13-14,16-17,19-26H2,1-2H3,(H,42,51)/t32?,34-,35+,36-,38?,40?/m0/s1. The molecule has 53 heavy (non-hydrogen) atoms. The minimum absolute atomic E-state index is 0.0371. The van der Waals surface area contributed by atoms with Gasteiger partial charge in [0.1, 0.15) is 12.4 Å². The number of benzene rings is 1. The second-order valence-corrected chi connectivity index (χ2v) is 16.5. The molecule has 4 N–H and O–H groups in total. The normalized spacial score (nSPS) is 28.3. The number of amides is 2. The number of aromatic nitrogens is 1. The number of oxazole rings is 1. The Morgan fingerprint density at radius 3 is 2.43 bits per heavy atom. The van der Waals surface area contributed by atoms with E-state index in [0.717, 1.165) is 62.4 Å². The van der Waals surface area contributed by atoms with Crippen LogP contribution in [0.2, 0.25) is 0 Å².